The number of aliphatic carboxylic acids is 1. The summed E-state index contributed by atoms with van der Waals surface area (Å²) in [4.78, 5) is 11.4. The first-order valence-corrected chi connectivity index (χ1v) is 11.8. The van der Waals surface area contributed by atoms with Crippen LogP contribution in [0, 0.1) is 0 Å². The molecule has 2 rings (SSSR count). The number of aliphatic hydroxyl groups is 5. The summed E-state index contributed by atoms with van der Waals surface area (Å²) in [6.45, 7) is 5.12. The van der Waals surface area contributed by atoms with Crippen LogP contribution in [0.3, 0.4) is 0 Å². The van der Waals surface area contributed by atoms with Gasteiger partial charge >= 0.3 is 5.97 Å². The second-order valence-corrected chi connectivity index (χ2v) is 9.03. The number of hydrogen-bond acceptors (Lipinski definition) is 10. The first kappa shape index (κ1) is 28.3. The van der Waals surface area contributed by atoms with Crippen LogP contribution in [0.1, 0.15) is 65.7 Å². The largest absolute Gasteiger partial charge is 0.481 e. The van der Waals surface area contributed by atoms with Gasteiger partial charge in [-0.25, -0.2) is 0 Å². The summed E-state index contributed by atoms with van der Waals surface area (Å²) in [7, 11) is 0. The van der Waals surface area contributed by atoms with Gasteiger partial charge in [0.25, 0.3) is 0 Å². The Hall–Kier alpha value is -0.890. The molecule has 2 aliphatic heterocycles. The van der Waals surface area contributed by atoms with Gasteiger partial charge in [-0.3, -0.25) is 4.79 Å². The Morgan fingerprint density at radius 2 is 1.39 bits per heavy atom. The standard InChI is InChI=1S/C22H40O11/c1-4-5-6-7-8-9-13(10-14(23)24)32-22-20(18(28)16(26)12(3)31-22)33-21-19(29)17(27)15(25)11(2)30-21/h11-13,15-22,25-29H,4-10H2,1-3H3,(H,23,24)/t11-,12-,13?,15-,16-,17+,18+,19+,20+,21-,22-/m0/s1. The van der Waals surface area contributed by atoms with Gasteiger partial charge in [0.1, 0.15) is 36.6 Å². The molecule has 2 fully saturated rings. The fourth-order valence-corrected chi connectivity index (χ4v) is 4.12. The molecule has 33 heavy (non-hydrogen) atoms. The lowest BCUT2D eigenvalue weighted by molar-refractivity contribution is -0.366. The molecule has 11 heteroatoms. The van der Waals surface area contributed by atoms with Crippen molar-refractivity contribution in [2.75, 3.05) is 0 Å². The van der Waals surface area contributed by atoms with Gasteiger partial charge in [0.2, 0.25) is 0 Å². The molecule has 0 aromatic rings. The molecule has 194 valence electrons. The van der Waals surface area contributed by atoms with Crippen LogP contribution in [-0.2, 0) is 23.7 Å². The third kappa shape index (κ3) is 7.81. The zero-order chi connectivity index (χ0) is 24.7. The van der Waals surface area contributed by atoms with Crippen molar-refractivity contribution in [2.45, 2.75) is 133 Å². The topological polar surface area (TPSA) is 175 Å². The molecule has 0 amide bonds. The lowest BCUT2D eigenvalue weighted by Crippen LogP contribution is -2.63. The summed E-state index contributed by atoms with van der Waals surface area (Å²) in [5.41, 5.74) is 0. The molecule has 1 unspecified atom stereocenters. The summed E-state index contributed by atoms with van der Waals surface area (Å²) in [5, 5.41) is 60.4. The second-order valence-electron chi connectivity index (χ2n) is 9.03. The van der Waals surface area contributed by atoms with Gasteiger partial charge < -0.3 is 49.6 Å². The van der Waals surface area contributed by atoms with Gasteiger partial charge in [-0.05, 0) is 20.3 Å². The molecule has 2 saturated heterocycles. The minimum Gasteiger partial charge on any atom is -0.481 e. The Morgan fingerprint density at radius 1 is 0.818 bits per heavy atom. The van der Waals surface area contributed by atoms with E-state index in [-0.39, 0.29) is 6.42 Å². The van der Waals surface area contributed by atoms with Crippen LogP contribution < -0.4 is 0 Å². The molecule has 0 spiro atoms. The lowest BCUT2D eigenvalue weighted by atomic mass is 9.97. The van der Waals surface area contributed by atoms with Gasteiger partial charge in [0, 0.05) is 0 Å². The molecule has 6 N–H and O–H groups in total. The highest BCUT2D eigenvalue weighted by atomic mass is 16.8. The Morgan fingerprint density at radius 3 is 2.00 bits per heavy atom. The number of carboxylic acid groups (broad SMARTS) is 1. The van der Waals surface area contributed by atoms with Crippen molar-refractivity contribution >= 4 is 5.97 Å². The number of carbonyl (C=O) groups is 1. The quantitative estimate of drug-likeness (QED) is 0.205. The van der Waals surface area contributed by atoms with E-state index in [2.05, 4.69) is 6.92 Å². The van der Waals surface area contributed by atoms with Crippen LogP contribution in [0.15, 0.2) is 0 Å². The first-order chi connectivity index (χ1) is 15.6. The normalized spacial score (nSPS) is 40.5. The van der Waals surface area contributed by atoms with Gasteiger partial charge in [-0.1, -0.05) is 39.0 Å². The van der Waals surface area contributed by atoms with Crippen molar-refractivity contribution in [1.29, 1.82) is 0 Å². The molecule has 0 aromatic heterocycles. The van der Waals surface area contributed by atoms with E-state index in [1.807, 2.05) is 0 Å². The van der Waals surface area contributed by atoms with Crippen LogP contribution in [-0.4, -0.2) is 104 Å². The summed E-state index contributed by atoms with van der Waals surface area (Å²) in [5.74, 6) is -1.05. The summed E-state index contributed by atoms with van der Waals surface area (Å²) in [6, 6.07) is 0. The molecule has 2 aliphatic rings. The highest BCUT2D eigenvalue weighted by Crippen LogP contribution is 2.31. The Kier molecular flexibility index (Phi) is 11.4. The van der Waals surface area contributed by atoms with Crippen LogP contribution in [0.25, 0.3) is 0 Å². The molecule has 0 bridgehead atoms. The van der Waals surface area contributed by atoms with Crippen molar-refractivity contribution < 1.29 is 54.4 Å². The highest BCUT2D eigenvalue weighted by Gasteiger charge is 2.50. The van der Waals surface area contributed by atoms with Gasteiger partial charge in [-0.2, -0.15) is 0 Å². The third-order valence-corrected chi connectivity index (χ3v) is 6.24. The van der Waals surface area contributed by atoms with Gasteiger partial charge in [0.15, 0.2) is 12.6 Å². The Balaban J connectivity index is 2.11. The summed E-state index contributed by atoms with van der Waals surface area (Å²) in [6.07, 6.45) is -8.75. The third-order valence-electron chi connectivity index (χ3n) is 6.24. The molecule has 11 atom stereocenters. The number of aliphatic hydroxyl groups excluding tert-OH is 5. The van der Waals surface area contributed by atoms with Crippen molar-refractivity contribution in [3.63, 3.8) is 0 Å². The molecule has 2 heterocycles. The molecule has 0 saturated carbocycles. The molecule has 0 aliphatic carbocycles. The van der Waals surface area contributed by atoms with Crippen molar-refractivity contribution in [2.24, 2.45) is 0 Å². The van der Waals surface area contributed by atoms with E-state index in [0.717, 1.165) is 32.1 Å². The SMILES string of the molecule is CCCCCCCC(CC(=O)O)O[C@@H]1O[C@@H](C)[C@H](O)[C@@H](O)[C@H]1O[C@@H]1O[C@@H](C)[C@H](O)[C@@H](O)[C@H]1O. The number of unbranched alkanes of at least 4 members (excludes halogenated alkanes) is 4. The van der Waals surface area contributed by atoms with Crippen molar-refractivity contribution in [1.82, 2.24) is 0 Å². The smallest absolute Gasteiger partial charge is 0.305 e. The number of rotatable bonds is 12. The van der Waals surface area contributed by atoms with Crippen LogP contribution in [0.5, 0.6) is 0 Å². The number of ether oxygens (including phenoxy) is 4. The second kappa shape index (κ2) is 13.3. The Bertz CT molecular complexity index is 591. The van der Waals surface area contributed by atoms with E-state index in [0.29, 0.717) is 6.42 Å². The highest BCUT2D eigenvalue weighted by molar-refractivity contribution is 5.67. The van der Waals surface area contributed by atoms with Crippen LogP contribution >= 0.6 is 0 Å². The van der Waals surface area contributed by atoms with Crippen LogP contribution in [0.4, 0.5) is 0 Å². The van der Waals surface area contributed by atoms with Crippen molar-refractivity contribution in [3.8, 4) is 0 Å². The zero-order valence-electron chi connectivity index (χ0n) is 19.5. The number of hydrogen-bond donors (Lipinski definition) is 6. The van der Waals surface area contributed by atoms with Gasteiger partial charge in [0.05, 0.1) is 24.7 Å². The molecular formula is C22H40O11. The predicted octanol–water partition coefficient (Wildman–Crippen LogP) is -0.114. The van der Waals surface area contributed by atoms with Gasteiger partial charge in [-0.15, -0.1) is 0 Å². The number of carboxylic acids is 1. The summed E-state index contributed by atoms with van der Waals surface area (Å²) < 4.78 is 22.7. The van der Waals surface area contributed by atoms with E-state index in [4.69, 9.17) is 18.9 Å². The monoisotopic (exact) mass is 480 g/mol. The maximum absolute atomic E-state index is 11.4. The average Bonchev–Trinajstić information content (AvgIpc) is 2.76. The molecular weight excluding hydrogens is 440 g/mol. The van der Waals surface area contributed by atoms with E-state index in [9.17, 15) is 35.4 Å². The fourth-order valence-electron chi connectivity index (χ4n) is 4.12. The van der Waals surface area contributed by atoms with Crippen molar-refractivity contribution in [3.05, 3.63) is 0 Å². The maximum atomic E-state index is 11.4. The molecule has 11 nitrogen and oxygen atoms in total. The molecule has 0 aromatic carbocycles. The van der Waals surface area contributed by atoms with E-state index in [1.165, 1.54) is 13.8 Å². The zero-order valence-corrected chi connectivity index (χ0v) is 19.5. The fraction of sp³-hybridized carbons (Fsp3) is 0.955. The summed E-state index contributed by atoms with van der Waals surface area (Å²) >= 11 is 0. The Labute approximate surface area is 194 Å². The van der Waals surface area contributed by atoms with E-state index >= 15 is 0 Å². The van der Waals surface area contributed by atoms with E-state index in [1.54, 1.807) is 0 Å². The molecule has 0 radical (unpaired) electrons. The lowest BCUT2D eigenvalue weighted by Gasteiger charge is -2.46. The average molecular weight is 481 g/mol. The first-order valence-electron chi connectivity index (χ1n) is 11.8. The van der Waals surface area contributed by atoms with Crippen LogP contribution in [0.2, 0.25) is 0 Å². The predicted molar refractivity (Wildman–Crippen MR) is 114 cm³/mol. The maximum Gasteiger partial charge on any atom is 0.305 e. The minimum atomic E-state index is -1.63. The minimum absolute atomic E-state index is 0.280. The van der Waals surface area contributed by atoms with E-state index < -0.39 is 73.5 Å².